The van der Waals surface area contributed by atoms with Gasteiger partial charge in [-0.05, 0) is 85.4 Å². The Labute approximate surface area is 236 Å². The van der Waals surface area contributed by atoms with Crippen LogP contribution in [0.3, 0.4) is 0 Å². The smallest absolute Gasteiger partial charge is 0.271 e. The molecule has 1 aliphatic heterocycles. The summed E-state index contributed by atoms with van der Waals surface area (Å²) in [4.78, 5) is 17.8. The number of pyridine rings is 1. The molecule has 3 aromatic carbocycles. The highest BCUT2D eigenvalue weighted by molar-refractivity contribution is 7.80. The van der Waals surface area contributed by atoms with Gasteiger partial charge in [0.2, 0.25) is 0 Å². The quantitative estimate of drug-likeness (QED) is 0.133. The van der Waals surface area contributed by atoms with Crippen molar-refractivity contribution in [3.63, 3.8) is 0 Å². The Bertz CT molecular complexity index is 1690. The summed E-state index contributed by atoms with van der Waals surface area (Å²) in [6.07, 6.45) is 3.67. The van der Waals surface area contributed by atoms with Crippen molar-refractivity contribution in [1.82, 2.24) is 14.9 Å². The van der Waals surface area contributed by atoms with E-state index in [0.717, 1.165) is 28.4 Å². The third-order valence-corrected chi connectivity index (χ3v) is 7.25. The monoisotopic (exact) mass is 547 g/mol. The summed E-state index contributed by atoms with van der Waals surface area (Å²) >= 11 is 5.88. The lowest BCUT2D eigenvalue weighted by Crippen LogP contribution is -2.30. The van der Waals surface area contributed by atoms with Crippen molar-refractivity contribution in [2.45, 2.75) is 19.0 Å². The summed E-state index contributed by atoms with van der Waals surface area (Å²) in [5.41, 5.74) is 4.39. The van der Waals surface area contributed by atoms with Crippen LogP contribution in [0.2, 0.25) is 0 Å². The first-order chi connectivity index (χ1) is 19.5. The van der Waals surface area contributed by atoms with Crippen molar-refractivity contribution in [3.8, 4) is 17.2 Å². The summed E-state index contributed by atoms with van der Waals surface area (Å²) in [6.45, 7) is 2.01. The molecule has 6 rings (SSSR count). The number of non-ortho nitro benzene ring substituents is 1. The first-order valence-electron chi connectivity index (χ1n) is 12.8. The SMILES string of the molecule is Cc1ccccc1Oc1ccc(N2C(=S)N[C@H](c3ccccn3)[C@H]2c2cccn2-c2cccc([N+](=O)[O-])c2)cc1. The largest absolute Gasteiger partial charge is 0.457 e. The maximum atomic E-state index is 11.5. The van der Waals surface area contributed by atoms with Crippen LogP contribution in [0.4, 0.5) is 11.4 Å². The van der Waals surface area contributed by atoms with Gasteiger partial charge in [0.1, 0.15) is 17.5 Å². The van der Waals surface area contributed by atoms with E-state index in [0.29, 0.717) is 16.5 Å². The van der Waals surface area contributed by atoms with Crippen LogP contribution in [0, 0.1) is 17.0 Å². The number of ether oxygens (including phenoxy) is 1. The van der Waals surface area contributed by atoms with E-state index in [9.17, 15) is 10.1 Å². The van der Waals surface area contributed by atoms with Crippen LogP contribution < -0.4 is 15.0 Å². The van der Waals surface area contributed by atoms with Gasteiger partial charge in [-0.15, -0.1) is 0 Å². The lowest BCUT2D eigenvalue weighted by molar-refractivity contribution is -0.384. The third-order valence-electron chi connectivity index (χ3n) is 6.94. The fourth-order valence-corrected chi connectivity index (χ4v) is 5.38. The molecule has 8 nitrogen and oxygen atoms in total. The Kier molecular flexibility index (Phi) is 6.71. The lowest BCUT2D eigenvalue weighted by atomic mass is 10.0. The average Bonchev–Trinajstić information content (AvgIpc) is 3.60. The molecule has 2 atom stereocenters. The molecule has 0 amide bonds. The first kappa shape index (κ1) is 25.3. The highest BCUT2D eigenvalue weighted by atomic mass is 32.1. The van der Waals surface area contributed by atoms with Crippen molar-refractivity contribution >= 4 is 28.7 Å². The Morgan fingerprint density at radius 3 is 2.48 bits per heavy atom. The molecule has 3 heterocycles. The number of hydrogen-bond donors (Lipinski definition) is 1. The van der Waals surface area contributed by atoms with E-state index in [2.05, 4.69) is 15.2 Å². The molecule has 0 unspecified atom stereocenters. The number of nitro benzene ring substituents is 1. The van der Waals surface area contributed by atoms with Crippen molar-refractivity contribution in [1.29, 1.82) is 0 Å². The summed E-state index contributed by atoms with van der Waals surface area (Å²) in [7, 11) is 0. The number of anilines is 1. The fraction of sp³-hybridized carbons (Fsp3) is 0.0968. The van der Waals surface area contributed by atoms with Gasteiger partial charge in [0, 0.05) is 35.9 Å². The molecule has 1 saturated heterocycles. The molecule has 0 saturated carbocycles. The number of hydrogen-bond acceptors (Lipinski definition) is 5. The van der Waals surface area contributed by atoms with E-state index in [1.54, 1.807) is 18.3 Å². The van der Waals surface area contributed by atoms with Gasteiger partial charge < -0.3 is 19.5 Å². The molecule has 0 radical (unpaired) electrons. The predicted molar refractivity (Wildman–Crippen MR) is 158 cm³/mol. The second-order valence-electron chi connectivity index (χ2n) is 9.44. The van der Waals surface area contributed by atoms with Crippen LogP contribution >= 0.6 is 12.2 Å². The molecule has 1 N–H and O–H groups in total. The highest BCUT2D eigenvalue weighted by Gasteiger charge is 2.42. The Morgan fingerprint density at radius 1 is 0.925 bits per heavy atom. The second kappa shape index (κ2) is 10.6. The van der Waals surface area contributed by atoms with Gasteiger partial charge in [-0.25, -0.2) is 0 Å². The first-order valence-corrected chi connectivity index (χ1v) is 13.2. The lowest BCUT2D eigenvalue weighted by Gasteiger charge is -2.29. The summed E-state index contributed by atoms with van der Waals surface area (Å²) in [5.74, 6) is 1.52. The molecule has 1 fully saturated rings. The normalized spacial score (nSPS) is 16.5. The van der Waals surface area contributed by atoms with Crippen molar-refractivity contribution < 1.29 is 9.66 Å². The predicted octanol–water partition coefficient (Wildman–Crippen LogP) is 7.06. The minimum atomic E-state index is -0.386. The molecule has 9 heteroatoms. The van der Waals surface area contributed by atoms with Crippen LogP contribution in [0.5, 0.6) is 11.5 Å². The minimum absolute atomic E-state index is 0.0274. The number of benzene rings is 3. The maximum absolute atomic E-state index is 11.5. The average molecular weight is 548 g/mol. The van der Waals surface area contributed by atoms with E-state index in [-0.39, 0.29) is 22.7 Å². The van der Waals surface area contributed by atoms with Gasteiger partial charge >= 0.3 is 0 Å². The molecule has 0 bridgehead atoms. The van der Waals surface area contributed by atoms with Gasteiger partial charge in [-0.1, -0.05) is 30.3 Å². The number of aromatic nitrogens is 2. The van der Waals surface area contributed by atoms with Crippen LogP contribution in [0.15, 0.2) is 116 Å². The van der Waals surface area contributed by atoms with Gasteiger partial charge in [0.05, 0.1) is 22.3 Å². The molecule has 0 spiro atoms. The van der Waals surface area contributed by atoms with Crippen LogP contribution in [0.1, 0.15) is 29.0 Å². The zero-order valence-corrected chi connectivity index (χ0v) is 22.4. The van der Waals surface area contributed by atoms with Gasteiger partial charge in [-0.3, -0.25) is 15.1 Å². The van der Waals surface area contributed by atoms with E-state index in [4.69, 9.17) is 17.0 Å². The van der Waals surface area contributed by atoms with E-state index in [1.807, 2.05) is 103 Å². The molecular weight excluding hydrogens is 522 g/mol. The molecule has 0 aliphatic carbocycles. The van der Waals surface area contributed by atoms with E-state index in [1.165, 1.54) is 6.07 Å². The Morgan fingerprint density at radius 2 is 1.73 bits per heavy atom. The Hall–Kier alpha value is -5.02. The fourth-order valence-electron chi connectivity index (χ4n) is 5.03. The summed E-state index contributed by atoms with van der Waals surface area (Å²) in [6, 6.07) is 31.5. The van der Waals surface area contributed by atoms with Crippen molar-refractivity contribution in [2.24, 2.45) is 0 Å². The number of nitrogens with zero attached hydrogens (tertiary/aromatic N) is 4. The van der Waals surface area contributed by atoms with Crippen molar-refractivity contribution in [2.75, 3.05) is 4.90 Å². The van der Waals surface area contributed by atoms with Crippen LogP contribution in [0.25, 0.3) is 5.69 Å². The molecular formula is C31H25N5O3S. The molecule has 40 heavy (non-hydrogen) atoms. The minimum Gasteiger partial charge on any atom is -0.457 e. The number of nitro groups is 1. The molecule has 2 aromatic heterocycles. The number of nitrogens with one attached hydrogen (secondary N) is 1. The van der Waals surface area contributed by atoms with Gasteiger partial charge in [0.25, 0.3) is 5.69 Å². The summed E-state index contributed by atoms with van der Waals surface area (Å²) < 4.78 is 8.08. The Balaban J connectivity index is 1.41. The van der Waals surface area contributed by atoms with E-state index >= 15 is 0 Å². The molecule has 5 aromatic rings. The number of para-hydroxylation sites is 1. The highest BCUT2D eigenvalue weighted by Crippen LogP contribution is 2.43. The van der Waals surface area contributed by atoms with Gasteiger partial charge in [0.15, 0.2) is 5.11 Å². The number of rotatable bonds is 7. The molecule has 1 aliphatic rings. The van der Waals surface area contributed by atoms with Gasteiger partial charge in [-0.2, -0.15) is 0 Å². The van der Waals surface area contributed by atoms with E-state index < -0.39 is 0 Å². The van der Waals surface area contributed by atoms with Crippen molar-refractivity contribution in [3.05, 3.63) is 143 Å². The topological polar surface area (TPSA) is 85.5 Å². The zero-order valence-electron chi connectivity index (χ0n) is 21.5. The van der Waals surface area contributed by atoms with Crippen LogP contribution in [-0.2, 0) is 0 Å². The van der Waals surface area contributed by atoms with Crippen LogP contribution in [-0.4, -0.2) is 19.6 Å². The number of aryl methyl sites for hydroxylation is 1. The number of thiocarbonyl (C=S) groups is 1. The third kappa shape index (κ3) is 4.78. The second-order valence-corrected chi connectivity index (χ2v) is 9.82. The standard InChI is InChI=1S/C31H25N5O3S/c1-21-8-2-3-13-28(21)39-25-16-14-22(15-17-25)35-30(29(33-31(35)40)26-11-4-5-18-32-26)27-12-7-19-34(27)23-9-6-10-24(20-23)36(37)38/h2-20,29-30H,1H3,(H,33,40)/t29-,30-/m1/s1. The summed E-state index contributed by atoms with van der Waals surface area (Å²) in [5, 5.41) is 15.5. The molecule has 198 valence electrons. The maximum Gasteiger partial charge on any atom is 0.271 e. The zero-order chi connectivity index (χ0) is 27.6.